The van der Waals surface area contributed by atoms with Crippen molar-refractivity contribution in [3.63, 3.8) is 0 Å². The minimum Gasteiger partial charge on any atom is -0.478 e. The first-order valence-corrected chi connectivity index (χ1v) is 12.2. The second kappa shape index (κ2) is 11.7. The van der Waals surface area contributed by atoms with E-state index in [0.717, 1.165) is 35.5 Å². The molecule has 0 spiro atoms. The molecular formula is C30H36N2O3. The van der Waals surface area contributed by atoms with Crippen molar-refractivity contribution in [3.05, 3.63) is 83.4 Å². The maximum atomic E-state index is 12.6. The van der Waals surface area contributed by atoms with Crippen LogP contribution < -0.4 is 10.2 Å². The Bertz CT molecular complexity index is 1140. The van der Waals surface area contributed by atoms with Gasteiger partial charge < -0.3 is 15.3 Å². The number of nitrogens with one attached hydrogen (secondary N) is 1. The molecule has 3 aromatic rings. The van der Waals surface area contributed by atoms with Gasteiger partial charge in [0.05, 0.1) is 12.0 Å². The van der Waals surface area contributed by atoms with Gasteiger partial charge >= 0.3 is 5.97 Å². The molecule has 5 nitrogen and oxygen atoms in total. The molecule has 2 N–H and O–H groups in total. The Morgan fingerprint density at radius 2 is 1.46 bits per heavy atom. The largest absolute Gasteiger partial charge is 0.478 e. The van der Waals surface area contributed by atoms with E-state index in [-0.39, 0.29) is 17.9 Å². The first-order chi connectivity index (χ1) is 16.6. The molecule has 0 saturated heterocycles. The van der Waals surface area contributed by atoms with Crippen LogP contribution >= 0.6 is 0 Å². The lowest BCUT2D eigenvalue weighted by atomic mass is 9.98. The van der Waals surface area contributed by atoms with Crippen molar-refractivity contribution < 1.29 is 14.7 Å². The molecule has 0 radical (unpaired) electrons. The Morgan fingerprint density at radius 3 is 2.00 bits per heavy atom. The Hall–Kier alpha value is -3.60. The van der Waals surface area contributed by atoms with Gasteiger partial charge in [-0.2, -0.15) is 0 Å². The molecule has 0 fully saturated rings. The first kappa shape index (κ1) is 26.0. The van der Waals surface area contributed by atoms with Crippen LogP contribution in [-0.4, -0.2) is 30.1 Å². The maximum Gasteiger partial charge on any atom is 0.336 e. The van der Waals surface area contributed by atoms with E-state index in [0.29, 0.717) is 23.1 Å². The summed E-state index contributed by atoms with van der Waals surface area (Å²) in [6, 6.07) is 20.8. The minimum absolute atomic E-state index is 0.142. The highest BCUT2D eigenvalue weighted by Gasteiger charge is 2.16. The lowest BCUT2D eigenvalue weighted by molar-refractivity contribution is -0.115. The lowest BCUT2D eigenvalue weighted by Gasteiger charge is -2.28. The smallest absolute Gasteiger partial charge is 0.336 e. The Kier molecular flexibility index (Phi) is 8.69. The van der Waals surface area contributed by atoms with Crippen LogP contribution in [-0.2, 0) is 11.2 Å². The van der Waals surface area contributed by atoms with Crippen molar-refractivity contribution in [1.29, 1.82) is 0 Å². The van der Waals surface area contributed by atoms with Crippen LogP contribution in [0.4, 0.5) is 11.4 Å². The average Bonchev–Trinajstić information content (AvgIpc) is 2.79. The van der Waals surface area contributed by atoms with Gasteiger partial charge in [0, 0.05) is 24.5 Å². The average molecular weight is 473 g/mol. The third kappa shape index (κ3) is 7.44. The molecule has 35 heavy (non-hydrogen) atoms. The molecule has 0 bridgehead atoms. The predicted molar refractivity (Wildman–Crippen MR) is 144 cm³/mol. The number of aromatic carboxylic acids is 1. The maximum absolute atomic E-state index is 12.6. The van der Waals surface area contributed by atoms with Crippen LogP contribution in [0.15, 0.2) is 66.7 Å². The highest BCUT2D eigenvalue weighted by atomic mass is 16.4. The standard InChI is InChI=1S/C30H36N2O3/c1-20(2)18-32(19-21(3)4)26-13-10-24(11-14-26)28-17-25(12-15-27(28)30(34)35)31-29(33)16-23-8-6-22(5)7-9-23/h6-15,17,20-21H,16,18-19H2,1-5H3,(H,31,33)(H,34,35). The molecule has 0 aliphatic rings. The van der Waals surface area contributed by atoms with Crippen molar-refractivity contribution in [2.45, 2.75) is 41.0 Å². The third-order valence-corrected chi connectivity index (χ3v) is 5.73. The summed E-state index contributed by atoms with van der Waals surface area (Å²) in [5.41, 5.74) is 5.36. The number of hydrogen-bond acceptors (Lipinski definition) is 3. The fourth-order valence-corrected chi connectivity index (χ4v) is 4.16. The molecule has 0 aliphatic heterocycles. The summed E-state index contributed by atoms with van der Waals surface area (Å²) >= 11 is 0. The van der Waals surface area contributed by atoms with Gasteiger partial charge in [0.25, 0.3) is 0 Å². The van der Waals surface area contributed by atoms with Crippen LogP contribution in [0.25, 0.3) is 11.1 Å². The Balaban J connectivity index is 1.84. The molecule has 184 valence electrons. The zero-order valence-corrected chi connectivity index (χ0v) is 21.3. The van der Waals surface area contributed by atoms with Crippen molar-refractivity contribution in [1.82, 2.24) is 0 Å². The molecule has 0 aliphatic carbocycles. The summed E-state index contributed by atoms with van der Waals surface area (Å²) in [5, 5.41) is 12.7. The van der Waals surface area contributed by atoms with E-state index in [1.54, 1.807) is 18.2 Å². The van der Waals surface area contributed by atoms with Crippen LogP contribution in [0.3, 0.4) is 0 Å². The first-order valence-electron chi connectivity index (χ1n) is 12.2. The van der Waals surface area contributed by atoms with Crippen LogP contribution in [0.2, 0.25) is 0 Å². The highest BCUT2D eigenvalue weighted by Crippen LogP contribution is 2.30. The van der Waals surface area contributed by atoms with Crippen LogP contribution in [0, 0.1) is 18.8 Å². The number of hydrogen-bond donors (Lipinski definition) is 2. The van der Waals surface area contributed by atoms with Crippen molar-refractivity contribution >= 4 is 23.3 Å². The van der Waals surface area contributed by atoms with Gasteiger partial charge in [-0.3, -0.25) is 4.79 Å². The van der Waals surface area contributed by atoms with Gasteiger partial charge in [-0.1, -0.05) is 69.7 Å². The SMILES string of the molecule is Cc1ccc(CC(=O)Nc2ccc(C(=O)O)c(-c3ccc(N(CC(C)C)CC(C)C)cc3)c2)cc1. The Labute approximate surface area is 208 Å². The zero-order valence-electron chi connectivity index (χ0n) is 21.3. The number of benzene rings is 3. The molecule has 0 unspecified atom stereocenters. The number of carbonyl (C=O) groups is 2. The van der Waals surface area contributed by atoms with Crippen molar-refractivity contribution in [2.24, 2.45) is 11.8 Å². The molecule has 0 aromatic heterocycles. The zero-order chi connectivity index (χ0) is 25.5. The molecule has 0 atom stereocenters. The quantitative estimate of drug-likeness (QED) is 0.346. The number of nitrogens with zero attached hydrogens (tertiary/aromatic N) is 1. The van der Waals surface area contributed by atoms with Crippen molar-refractivity contribution in [3.8, 4) is 11.1 Å². The number of carboxylic acids is 1. The summed E-state index contributed by atoms with van der Waals surface area (Å²) in [5.74, 6) is -0.0708. The van der Waals surface area contributed by atoms with Gasteiger partial charge in [0.1, 0.15) is 0 Å². The summed E-state index contributed by atoms with van der Waals surface area (Å²) in [7, 11) is 0. The lowest BCUT2D eigenvalue weighted by Crippen LogP contribution is -2.31. The predicted octanol–water partition coefficient (Wildman–Crippen LogP) is 6.66. The number of carbonyl (C=O) groups excluding carboxylic acids is 1. The fraction of sp³-hybridized carbons (Fsp3) is 0.333. The van der Waals surface area contributed by atoms with Crippen LogP contribution in [0.5, 0.6) is 0 Å². The van der Waals surface area contributed by atoms with Gasteiger partial charge in [-0.15, -0.1) is 0 Å². The summed E-state index contributed by atoms with van der Waals surface area (Å²) < 4.78 is 0. The van der Waals surface area contributed by atoms with Gasteiger partial charge in [-0.25, -0.2) is 4.79 Å². The Morgan fingerprint density at radius 1 is 0.857 bits per heavy atom. The second-order valence-corrected chi connectivity index (χ2v) is 10.0. The summed E-state index contributed by atoms with van der Waals surface area (Å²) in [6.45, 7) is 12.8. The number of anilines is 2. The molecule has 3 rings (SSSR count). The van der Waals surface area contributed by atoms with E-state index in [1.807, 2.05) is 55.5 Å². The third-order valence-electron chi connectivity index (χ3n) is 5.73. The van der Waals surface area contributed by atoms with E-state index >= 15 is 0 Å². The normalized spacial score (nSPS) is 11.1. The second-order valence-electron chi connectivity index (χ2n) is 10.0. The molecule has 0 heterocycles. The summed E-state index contributed by atoms with van der Waals surface area (Å²) in [4.78, 5) is 26.9. The van der Waals surface area contributed by atoms with E-state index in [9.17, 15) is 14.7 Å². The molecule has 1 amide bonds. The fourth-order valence-electron chi connectivity index (χ4n) is 4.16. The van der Waals surface area contributed by atoms with Gasteiger partial charge in [-0.05, 0) is 65.8 Å². The molecule has 0 saturated carbocycles. The number of aryl methyl sites for hydroxylation is 1. The number of amides is 1. The monoisotopic (exact) mass is 472 g/mol. The number of carboxylic acid groups (broad SMARTS) is 1. The summed E-state index contributed by atoms with van der Waals surface area (Å²) in [6.07, 6.45) is 0.256. The van der Waals surface area contributed by atoms with Gasteiger partial charge in [0.15, 0.2) is 0 Å². The minimum atomic E-state index is -0.997. The van der Waals surface area contributed by atoms with E-state index in [1.165, 1.54) is 0 Å². The van der Waals surface area contributed by atoms with E-state index in [4.69, 9.17) is 0 Å². The molecule has 3 aromatic carbocycles. The molecule has 5 heteroatoms. The highest BCUT2D eigenvalue weighted by molar-refractivity contribution is 5.99. The molecular weight excluding hydrogens is 436 g/mol. The number of rotatable bonds is 10. The van der Waals surface area contributed by atoms with E-state index in [2.05, 4.69) is 37.9 Å². The topological polar surface area (TPSA) is 69.6 Å². The van der Waals surface area contributed by atoms with E-state index < -0.39 is 5.97 Å². The van der Waals surface area contributed by atoms with Crippen molar-refractivity contribution in [2.75, 3.05) is 23.3 Å². The van der Waals surface area contributed by atoms with Crippen LogP contribution in [0.1, 0.15) is 49.2 Å². The van der Waals surface area contributed by atoms with Gasteiger partial charge in [0.2, 0.25) is 5.91 Å².